The van der Waals surface area contributed by atoms with Gasteiger partial charge < -0.3 is 14.6 Å². The number of hydrogen-bond donors (Lipinski definition) is 1. The Balaban J connectivity index is 1.34. The Morgan fingerprint density at radius 1 is 0.906 bits per heavy atom. The molecule has 1 heterocycles. The number of carbonyl (C=O) groups excluding carboxylic acids is 1. The molecule has 1 aromatic heterocycles. The Labute approximate surface area is 196 Å². The molecular formula is C23H15Cl2NO5S. The number of thiazole rings is 1. The van der Waals surface area contributed by atoms with Crippen molar-refractivity contribution in [2.45, 2.75) is 6.61 Å². The molecule has 0 radical (unpaired) electrons. The van der Waals surface area contributed by atoms with Crippen molar-refractivity contribution in [2.24, 2.45) is 0 Å². The molecule has 162 valence electrons. The number of fused-ring (bicyclic) bond motifs is 1. The smallest absolute Gasteiger partial charge is 0.335 e. The SMILES string of the molecule is O=C(O)c1ccc2nc(C(=O)COc3ccc(OCc4cc(Cl)cc(Cl)c4)cc3)sc2c1. The fourth-order valence-electron chi connectivity index (χ4n) is 2.88. The summed E-state index contributed by atoms with van der Waals surface area (Å²) in [6.07, 6.45) is 0. The van der Waals surface area contributed by atoms with Crippen LogP contribution in [-0.2, 0) is 6.61 Å². The van der Waals surface area contributed by atoms with Gasteiger partial charge in [-0.3, -0.25) is 4.79 Å². The predicted molar refractivity (Wildman–Crippen MR) is 124 cm³/mol. The normalized spacial score (nSPS) is 10.8. The maximum atomic E-state index is 12.4. The quantitative estimate of drug-likeness (QED) is 0.300. The first kappa shape index (κ1) is 22.1. The van der Waals surface area contributed by atoms with Gasteiger partial charge in [-0.2, -0.15) is 0 Å². The van der Waals surface area contributed by atoms with Crippen LogP contribution in [0.25, 0.3) is 10.2 Å². The summed E-state index contributed by atoms with van der Waals surface area (Å²) in [6.45, 7) is 0.118. The van der Waals surface area contributed by atoms with E-state index in [-0.39, 0.29) is 23.0 Å². The average Bonchev–Trinajstić information content (AvgIpc) is 3.19. The third-order valence-corrected chi connectivity index (χ3v) is 5.89. The number of Topliss-reactive ketones (excluding diaryl/α,β-unsaturated/α-hetero) is 1. The largest absolute Gasteiger partial charge is 0.489 e. The van der Waals surface area contributed by atoms with Crippen LogP contribution in [0.2, 0.25) is 10.0 Å². The number of carboxylic acid groups (broad SMARTS) is 1. The Kier molecular flexibility index (Phi) is 6.60. The van der Waals surface area contributed by atoms with Crippen LogP contribution >= 0.6 is 34.5 Å². The van der Waals surface area contributed by atoms with Crippen LogP contribution in [0, 0.1) is 0 Å². The Hall–Kier alpha value is -3.13. The standard InChI is InChI=1S/C23H15Cl2NO5S/c24-15-7-13(8-16(25)10-15)11-30-17-2-4-18(5-3-17)31-12-20(27)22-26-19-6-1-14(23(28)29)9-21(19)32-22/h1-10H,11-12H2,(H,28,29). The van der Waals surface area contributed by atoms with Gasteiger partial charge in [0.1, 0.15) is 18.1 Å². The van der Waals surface area contributed by atoms with Crippen LogP contribution in [0.3, 0.4) is 0 Å². The van der Waals surface area contributed by atoms with Crippen LogP contribution in [0.4, 0.5) is 0 Å². The van der Waals surface area contributed by atoms with Gasteiger partial charge in [-0.1, -0.05) is 23.2 Å². The highest BCUT2D eigenvalue weighted by Gasteiger charge is 2.15. The fraction of sp³-hybridized carbons (Fsp3) is 0.0870. The minimum absolute atomic E-state index is 0.150. The molecule has 3 aromatic carbocycles. The molecule has 0 bridgehead atoms. The van der Waals surface area contributed by atoms with E-state index in [1.165, 1.54) is 12.1 Å². The van der Waals surface area contributed by atoms with E-state index in [0.717, 1.165) is 16.9 Å². The monoisotopic (exact) mass is 487 g/mol. The molecular weight excluding hydrogens is 473 g/mol. The van der Waals surface area contributed by atoms with E-state index in [0.29, 0.717) is 38.4 Å². The first-order valence-electron chi connectivity index (χ1n) is 9.35. The molecule has 0 fully saturated rings. The molecule has 0 saturated carbocycles. The zero-order valence-corrected chi connectivity index (χ0v) is 18.7. The first-order chi connectivity index (χ1) is 15.4. The van der Waals surface area contributed by atoms with E-state index in [1.54, 1.807) is 48.5 Å². The van der Waals surface area contributed by atoms with Gasteiger partial charge in [-0.15, -0.1) is 11.3 Å². The second kappa shape index (κ2) is 9.56. The van der Waals surface area contributed by atoms with Crippen LogP contribution in [0.1, 0.15) is 25.7 Å². The summed E-state index contributed by atoms with van der Waals surface area (Å²) in [5.41, 5.74) is 1.57. The van der Waals surface area contributed by atoms with E-state index in [2.05, 4.69) is 4.98 Å². The summed E-state index contributed by atoms with van der Waals surface area (Å²) in [4.78, 5) is 27.8. The molecule has 0 aliphatic heterocycles. The molecule has 0 aliphatic carbocycles. The van der Waals surface area contributed by atoms with Gasteiger partial charge in [-0.25, -0.2) is 9.78 Å². The Bertz CT molecular complexity index is 1280. The van der Waals surface area contributed by atoms with Gasteiger partial charge in [0.15, 0.2) is 11.6 Å². The number of rotatable bonds is 8. The minimum atomic E-state index is -1.03. The number of aromatic nitrogens is 1. The van der Waals surface area contributed by atoms with Crippen molar-refractivity contribution in [3.8, 4) is 11.5 Å². The summed E-state index contributed by atoms with van der Waals surface area (Å²) in [5, 5.41) is 10.4. The fourth-order valence-corrected chi connectivity index (χ4v) is 4.38. The first-order valence-corrected chi connectivity index (χ1v) is 10.9. The van der Waals surface area contributed by atoms with Gasteiger partial charge in [-0.05, 0) is 66.2 Å². The van der Waals surface area contributed by atoms with Crippen molar-refractivity contribution in [3.63, 3.8) is 0 Å². The highest BCUT2D eigenvalue weighted by atomic mass is 35.5. The number of carboxylic acids is 1. The summed E-state index contributed by atoms with van der Waals surface area (Å²) in [6, 6.07) is 16.6. The third kappa shape index (κ3) is 5.37. The van der Waals surface area contributed by atoms with Gasteiger partial charge in [0.25, 0.3) is 0 Å². The van der Waals surface area contributed by atoms with E-state index in [4.69, 9.17) is 37.8 Å². The molecule has 0 unspecified atom stereocenters. The summed E-state index contributed by atoms with van der Waals surface area (Å²) < 4.78 is 11.9. The lowest BCUT2D eigenvalue weighted by Gasteiger charge is -2.09. The maximum absolute atomic E-state index is 12.4. The molecule has 4 aromatic rings. The van der Waals surface area contributed by atoms with Crippen LogP contribution in [0.5, 0.6) is 11.5 Å². The van der Waals surface area contributed by atoms with Crippen molar-refractivity contribution >= 4 is 56.5 Å². The van der Waals surface area contributed by atoms with E-state index in [9.17, 15) is 9.59 Å². The average molecular weight is 488 g/mol. The van der Waals surface area contributed by atoms with Crippen LogP contribution in [0.15, 0.2) is 60.7 Å². The molecule has 0 spiro atoms. The Morgan fingerprint density at radius 2 is 1.56 bits per heavy atom. The number of ketones is 1. The molecule has 0 saturated heterocycles. The number of nitrogens with zero attached hydrogens (tertiary/aromatic N) is 1. The molecule has 1 N–H and O–H groups in total. The number of hydrogen-bond acceptors (Lipinski definition) is 6. The maximum Gasteiger partial charge on any atom is 0.335 e. The summed E-state index contributed by atoms with van der Waals surface area (Å²) >= 11 is 13.1. The van der Waals surface area contributed by atoms with Crippen molar-refractivity contribution in [1.82, 2.24) is 4.98 Å². The lowest BCUT2D eigenvalue weighted by atomic mass is 10.2. The van der Waals surface area contributed by atoms with Crippen molar-refractivity contribution in [3.05, 3.63) is 86.8 Å². The van der Waals surface area contributed by atoms with Gasteiger partial charge in [0, 0.05) is 10.0 Å². The number of benzene rings is 3. The van der Waals surface area contributed by atoms with E-state index >= 15 is 0 Å². The van der Waals surface area contributed by atoms with Crippen LogP contribution in [-0.4, -0.2) is 28.4 Å². The van der Waals surface area contributed by atoms with Gasteiger partial charge in [0.2, 0.25) is 5.78 Å². The number of aromatic carboxylic acids is 1. The predicted octanol–water partition coefficient (Wildman–Crippen LogP) is 6.14. The van der Waals surface area contributed by atoms with Crippen molar-refractivity contribution in [2.75, 3.05) is 6.61 Å². The summed E-state index contributed by atoms with van der Waals surface area (Å²) in [5.74, 6) is -0.188. The molecule has 32 heavy (non-hydrogen) atoms. The second-order valence-corrected chi connectivity index (χ2v) is 8.66. The zero-order valence-electron chi connectivity index (χ0n) is 16.4. The van der Waals surface area contributed by atoms with Crippen molar-refractivity contribution in [1.29, 1.82) is 0 Å². The molecule has 4 rings (SSSR count). The third-order valence-electron chi connectivity index (χ3n) is 4.40. The molecule has 0 aliphatic rings. The topological polar surface area (TPSA) is 85.7 Å². The molecule has 0 atom stereocenters. The summed E-state index contributed by atoms with van der Waals surface area (Å²) in [7, 11) is 0. The highest BCUT2D eigenvalue weighted by Crippen LogP contribution is 2.25. The lowest BCUT2D eigenvalue weighted by Crippen LogP contribution is -2.11. The number of halogens is 2. The van der Waals surface area contributed by atoms with Crippen LogP contribution < -0.4 is 9.47 Å². The number of carbonyl (C=O) groups is 2. The van der Waals surface area contributed by atoms with Gasteiger partial charge >= 0.3 is 5.97 Å². The van der Waals surface area contributed by atoms with Gasteiger partial charge in [0.05, 0.1) is 15.8 Å². The number of ether oxygens (including phenoxy) is 2. The Morgan fingerprint density at radius 3 is 2.22 bits per heavy atom. The van der Waals surface area contributed by atoms with E-state index in [1.807, 2.05) is 0 Å². The highest BCUT2D eigenvalue weighted by molar-refractivity contribution is 7.20. The second-order valence-electron chi connectivity index (χ2n) is 6.76. The lowest BCUT2D eigenvalue weighted by molar-refractivity contribution is 0.0696. The molecule has 6 nitrogen and oxygen atoms in total. The van der Waals surface area contributed by atoms with E-state index < -0.39 is 5.97 Å². The minimum Gasteiger partial charge on any atom is -0.489 e. The van der Waals surface area contributed by atoms with Crippen molar-refractivity contribution < 1.29 is 24.2 Å². The molecule has 0 amide bonds. The molecule has 9 heteroatoms. The zero-order chi connectivity index (χ0) is 22.7.